The fraction of sp³-hybridized carbons (Fsp3) is 0.500. The zero-order valence-corrected chi connectivity index (χ0v) is 13.4. The summed E-state index contributed by atoms with van der Waals surface area (Å²) in [6.07, 6.45) is 1.59. The van der Waals surface area contributed by atoms with Crippen LogP contribution in [-0.4, -0.2) is 54.7 Å². The molecule has 0 aromatic heterocycles. The molecule has 0 spiro atoms. The third-order valence-electron chi connectivity index (χ3n) is 4.42. The number of anilines is 1. The molecule has 23 heavy (non-hydrogen) atoms. The minimum Gasteiger partial charge on any atom is -0.454 e. The summed E-state index contributed by atoms with van der Waals surface area (Å²) in [5, 5.41) is 2.88. The first-order chi connectivity index (χ1) is 11.0. The standard InChI is InChI=1S/C16H21N3O4/c1-11(20)18(2)13-5-7-19(8-6-13)16(21)17-12-3-4-14-15(9-12)23-10-22-14/h3-4,9,13H,5-8,10H2,1-2H3,(H,17,21). The summed E-state index contributed by atoms with van der Waals surface area (Å²) in [6.45, 7) is 3.06. The Labute approximate surface area is 135 Å². The van der Waals surface area contributed by atoms with Gasteiger partial charge in [-0.05, 0) is 25.0 Å². The highest BCUT2D eigenvalue weighted by Gasteiger charge is 2.26. The van der Waals surface area contributed by atoms with Crippen LogP contribution >= 0.6 is 0 Å². The second-order valence-corrected chi connectivity index (χ2v) is 5.85. The van der Waals surface area contributed by atoms with Gasteiger partial charge in [0, 0.05) is 44.9 Å². The van der Waals surface area contributed by atoms with E-state index in [1.807, 2.05) is 7.05 Å². The Morgan fingerprint density at radius 3 is 2.61 bits per heavy atom. The SMILES string of the molecule is CC(=O)N(C)C1CCN(C(=O)Nc2ccc3c(c2)OCO3)CC1. The normalized spacial score (nSPS) is 17.0. The predicted molar refractivity (Wildman–Crippen MR) is 84.6 cm³/mol. The Morgan fingerprint density at radius 2 is 1.91 bits per heavy atom. The summed E-state index contributed by atoms with van der Waals surface area (Å²) in [5.41, 5.74) is 0.683. The van der Waals surface area contributed by atoms with Crippen molar-refractivity contribution in [3.63, 3.8) is 0 Å². The van der Waals surface area contributed by atoms with Gasteiger partial charge in [-0.1, -0.05) is 0 Å². The number of nitrogens with zero attached hydrogens (tertiary/aromatic N) is 2. The monoisotopic (exact) mass is 319 g/mol. The zero-order chi connectivity index (χ0) is 16.4. The number of hydrogen-bond acceptors (Lipinski definition) is 4. The van der Waals surface area contributed by atoms with Gasteiger partial charge in [0.2, 0.25) is 12.7 Å². The summed E-state index contributed by atoms with van der Waals surface area (Å²) in [6, 6.07) is 5.42. The van der Waals surface area contributed by atoms with E-state index in [4.69, 9.17) is 9.47 Å². The number of rotatable bonds is 2. The molecule has 1 fully saturated rings. The smallest absolute Gasteiger partial charge is 0.321 e. The molecule has 1 saturated heterocycles. The van der Waals surface area contributed by atoms with Gasteiger partial charge in [0.05, 0.1) is 0 Å². The molecule has 2 aliphatic heterocycles. The van der Waals surface area contributed by atoms with Gasteiger partial charge >= 0.3 is 6.03 Å². The number of benzene rings is 1. The molecule has 0 aliphatic carbocycles. The van der Waals surface area contributed by atoms with Gasteiger partial charge in [-0.25, -0.2) is 4.79 Å². The van der Waals surface area contributed by atoms with Crippen LogP contribution in [0.5, 0.6) is 11.5 Å². The van der Waals surface area contributed by atoms with E-state index < -0.39 is 0 Å². The molecule has 7 nitrogen and oxygen atoms in total. The predicted octanol–water partition coefficient (Wildman–Crippen LogP) is 1.89. The van der Waals surface area contributed by atoms with Crippen LogP contribution in [0, 0.1) is 0 Å². The van der Waals surface area contributed by atoms with Crippen LogP contribution in [0.3, 0.4) is 0 Å². The van der Waals surface area contributed by atoms with Crippen LogP contribution in [0.15, 0.2) is 18.2 Å². The number of carbonyl (C=O) groups excluding carboxylic acids is 2. The van der Waals surface area contributed by atoms with Gasteiger partial charge in [0.15, 0.2) is 11.5 Å². The molecule has 1 aromatic rings. The molecule has 0 atom stereocenters. The molecule has 124 valence electrons. The van der Waals surface area contributed by atoms with Crippen molar-refractivity contribution in [3.05, 3.63) is 18.2 Å². The highest BCUT2D eigenvalue weighted by molar-refractivity contribution is 5.89. The summed E-state index contributed by atoms with van der Waals surface area (Å²) in [5.74, 6) is 1.40. The van der Waals surface area contributed by atoms with Gasteiger partial charge in [-0.15, -0.1) is 0 Å². The molecule has 0 radical (unpaired) electrons. The Morgan fingerprint density at radius 1 is 1.22 bits per heavy atom. The molecular weight excluding hydrogens is 298 g/mol. The average Bonchev–Trinajstić information content (AvgIpc) is 3.01. The average molecular weight is 319 g/mol. The van der Waals surface area contributed by atoms with E-state index in [1.165, 1.54) is 0 Å². The molecule has 7 heteroatoms. The fourth-order valence-corrected chi connectivity index (χ4v) is 2.89. The van der Waals surface area contributed by atoms with Crippen LogP contribution < -0.4 is 14.8 Å². The number of nitrogens with one attached hydrogen (secondary N) is 1. The molecule has 0 saturated carbocycles. The molecule has 1 N–H and O–H groups in total. The van der Waals surface area contributed by atoms with E-state index in [0.717, 1.165) is 12.8 Å². The number of ether oxygens (including phenoxy) is 2. The third-order valence-corrected chi connectivity index (χ3v) is 4.42. The molecule has 0 bridgehead atoms. The lowest BCUT2D eigenvalue weighted by Crippen LogP contribution is -2.47. The second-order valence-electron chi connectivity index (χ2n) is 5.85. The molecule has 2 heterocycles. The minimum atomic E-state index is -0.132. The Bertz CT molecular complexity index is 611. The van der Waals surface area contributed by atoms with Crippen LogP contribution in [0.1, 0.15) is 19.8 Å². The zero-order valence-electron chi connectivity index (χ0n) is 13.4. The fourth-order valence-electron chi connectivity index (χ4n) is 2.89. The maximum atomic E-state index is 12.3. The van der Waals surface area contributed by atoms with Gasteiger partial charge in [-0.2, -0.15) is 0 Å². The molecule has 1 aromatic carbocycles. The van der Waals surface area contributed by atoms with Crippen LogP contribution in [-0.2, 0) is 4.79 Å². The van der Waals surface area contributed by atoms with Gasteiger partial charge < -0.3 is 24.6 Å². The topological polar surface area (TPSA) is 71.1 Å². The quantitative estimate of drug-likeness (QED) is 0.903. The highest BCUT2D eigenvalue weighted by Crippen LogP contribution is 2.34. The molecule has 3 rings (SSSR count). The highest BCUT2D eigenvalue weighted by atomic mass is 16.7. The first-order valence-corrected chi connectivity index (χ1v) is 7.73. The number of hydrogen-bond donors (Lipinski definition) is 1. The Kier molecular flexibility index (Phi) is 4.27. The number of fused-ring (bicyclic) bond motifs is 1. The van der Waals surface area contributed by atoms with Crippen molar-refractivity contribution >= 4 is 17.6 Å². The van der Waals surface area contributed by atoms with Crippen molar-refractivity contribution in [1.29, 1.82) is 0 Å². The minimum absolute atomic E-state index is 0.0632. The van der Waals surface area contributed by atoms with Crippen molar-refractivity contribution in [1.82, 2.24) is 9.80 Å². The van der Waals surface area contributed by atoms with E-state index in [1.54, 1.807) is 34.9 Å². The van der Waals surface area contributed by atoms with E-state index in [0.29, 0.717) is 30.3 Å². The lowest BCUT2D eigenvalue weighted by Gasteiger charge is -2.36. The number of urea groups is 1. The van der Waals surface area contributed by atoms with Crippen LogP contribution in [0.4, 0.5) is 10.5 Å². The summed E-state index contributed by atoms with van der Waals surface area (Å²) >= 11 is 0. The summed E-state index contributed by atoms with van der Waals surface area (Å²) in [7, 11) is 1.81. The number of carbonyl (C=O) groups is 2. The van der Waals surface area contributed by atoms with Gasteiger partial charge in [0.25, 0.3) is 0 Å². The van der Waals surface area contributed by atoms with E-state index >= 15 is 0 Å². The van der Waals surface area contributed by atoms with Crippen LogP contribution in [0.25, 0.3) is 0 Å². The Balaban J connectivity index is 1.55. The van der Waals surface area contributed by atoms with Crippen molar-refractivity contribution in [3.8, 4) is 11.5 Å². The lowest BCUT2D eigenvalue weighted by atomic mass is 10.0. The summed E-state index contributed by atoms with van der Waals surface area (Å²) in [4.78, 5) is 27.3. The molecule has 2 aliphatic rings. The number of piperidine rings is 1. The van der Waals surface area contributed by atoms with Gasteiger partial charge in [0.1, 0.15) is 0 Å². The second kappa shape index (κ2) is 6.36. The first kappa shape index (κ1) is 15.5. The largest absolute Gasteiger partial charge is 0.454 e. The number of amides is 3. The van der Waals surface area contributed by atoms with E-state index in [9.17, 15) is 9.59 Å². The van der Waals surface area contributed by atoms with Crippen molar-refractivity contribution < 1.29 is 19.1 Å². The van der Waals surface area contributed by atoms with E-state index in [-0.39, 0.29) is 24.8 Å². The van der Waals surface area contributed by atoms with E-state index in [2.05, 4.69) is 5.32 Å². The molecule has 0 unspecified atom stereocenters. The maximum Gasteiger partial charge on any atom is 0.321 e. The Hall–Kier alpha value is -2.44. The van der Waals surface area contributed by atoms with Crippen molar-refractivity contribution in [2.45, 2.75) is 25.8 Å². The first-order valence-electron chi connectivity index (χ1n) is 7.73. The lowest BCUT2D eigenvalue weighted by molar-refractivity contribution is -0.130. The van der Waals surface area contributed by atoms with Gasteiger partial charge in [-0.3, -0.25) is 4.79 Å². The van der Waals surface area contributed by atoms with Crippen molar-refractivity contribution in [2.24, 2.45) is 0 Å². The molecular formula is C16H21N3O4. The maximum absolute atomic E-state index is 12.3. The summed E-state index contributed by atoms with van der Waals surface area (Å²) < 4.78 is 10.6. The third kappa shape index (κ3) is 3.33. The van der Waals surface area contributed by atoms with Crippen LogP contribution in [0.2, 0.25) is 0 Å². The van der Waals surface area contributed by atoms with Crippen molar-refractivity contribution in [2.75, 3.05) is 32.2 Å². The molecule has 3 amide bonds. The number of likely N-dealkylation sites (tertiary alicyclic amines) is 1.